The van der Waals surface area contributed by atoms with Crippen molar-refractivity contribution in [1.29, 1.82) is 0 Å². The van der Waals surface area contributed by atoms with Crippen molar-refractivity contribution in [3.05, 3.63) is 28.3 Å². The van der Waals surface area contributed by atoms with Crippen LogP contribution in [0.15, 0.2) is 18.2 Å². The van der Waals surface area contributed by atoms with Crippen molar-refractivity contribution in [2.75, 3.05) is 5.32 Å². The fourth-order valence-corrected chi connectivity index (χ4v) is 1.35. The van der Waals surface area contributed by atoms with Crippen molar-refractivity contribution in [1.82, 2.24) is 0 Å². The summed E-state index contributed by atoms with van der Waals surface area (Å²) in [6.07, 6.45) is -0.369. The van der Waals surface area contributed by atoms with Gasteiger partial charge in [0.2, 0.25) is 5.91 Å². The molecule has 0 aliphatic carbocycles. The lowest BCUT2D eigenvalue weighted by Crippen LogP contribution is -2.15. The monoisotopic (exact) mass is 254 g/mol. The van der Waals surface area contributed by atoms with Crippen LogP contribution in [0.5, 0.6) is 5.75 Å². The number of nitrogens with zero attached hydrogens (tertiary/aromatic N) is 1. The predicted octanol–water partition coefficient (Wildman–Crippen LogP) is 1.40. The number of phenolic OH excluding ortho intramolecular Hbond substituents is 1. The molecule has 0 saturated carbocycles. The highest BCUT2D eigenvalue weighted by molar-refractivity contribution is 5.94. The molecular weight excluding hydrogens is 240 g/mol. The number of benzene rings is 1. The second kappa shape index (κ2) is 5.97. The molecule has 0 radical (unpaired) electrons. The van der Waals surface area contributed by atoms with Crippen LogP contribution in [-0.2, 0) is 4.79 Å². The molecule has 1 atom stereocenters. The minimum absolute atomic E-state index is 0.0170. The van der Waals surface area contributed by atoms with Crippen LogP contribution >= 0.6 is 0 Å². The third kappa shape index (κ3) is 3.70. The maximum Gasteiger partial charge on any atom is 0.296 e. The van der Waals surface area contributed by atoms with Gasteiger partial charge >= 0.3 is 0 Å². The van der Waals surface area contributed by atoms with Crippen molar-refractivity contribution in [2.45, 2.75) is 25.9 Å². The molecule has 0 bridgehead atoms. The van der Waals surface area contributed by atoms with E-state index >= 15 is 0 Å². The van der Waals surface area contributed by atoms with Gasteiger partial charge in [0.05, 0.1) is 11.0 Å². The first-order chi connectivity index (χ1) is 8.41. The lowest BCUT2D eigenvalue weighted by atomic mass is 10.2. The van der Waals surface area contributed by atoms with Crippen LogP contribution < -0.4 is 5.32 Å². The number of hydrogen-bond acceptors (Lipinski definition) is 5. The summed E-state index contributed by atoms with van der Waals surface area (Å²) in [6, 6.07) is 3.75. The van der Waals surface area contributed by atoms with E-state index in [1.54, 1.807) is 0 Å². The van der Waals surface area contributed by atoms with Gasteiger partial charge in [0.15, 0.2) is 5.69 Å². The van der Waals surface area contributed by atoms with Gasteiger partial charge in [-0.2, -0.15) is 0 Å². The van der Waals surface area contributed by atoms with Crippen LogP contribution in [-0.4, -0.2) is 27.1 Å². The maximum absolute atomic E-state index is 11.5. The van der Waals surface area contributed by atoms with Gasteiger partial charge in [-0.3, -0.25) is 14.9 Å². The van der Waals surface area contributed by atoms with Gasteiger partial charge in [0.25, 0.3) is 5.69 Å². The fourth-order valence-electron chi connectivity index (χ4n) is 1.35. The summed E-state index contributed by atoms with van der Waals surface area (Å²) in [5.41, 5.74) is -0.599. The smallest absolute Gasteiger partial charge is 0.296 e. The predicted molar refractivity (Wildman–Crippen MR) is 64.3 cm³/mol. The zero-order valence-electron chi connectivity index (χ0n) is 9.79. The van der Waals surface area contributed by atoms with E-state index in [1.807, 2.05) is 0 Å². The van der Waals surface area contributed by atoms with E-state index in [0.29, 0.717) is 0 Å². The molecule has 0 aliphatic heterocycles. The molecule has 7 nitrogen and oxygen atoms in total. The van der Waals surface area contributed by atoms with E-state index < -0.39 is 16.9 Å². The van der Waals surface area contributed by atoms with Gasteiger partial charge in [-0.05, 0) is 19.4 Å². The first kappa shape index (κ1) is 13.9. The number of phenols is 1. The topological polar surface area (TPSA) is 113 Å². The highest BCUT2D eigenvalue weighted by atomic mass is 16.6. The first-order valence-corrected chi connectivity index (χ1v) is 5.36. The van der Waals surface area contributed by atoms with Gasteiger partial charge in [0, 0.05) is 12.5 Å². The molecule has 0 aromatic heterocycles. The molecule has 0 saturated heterocycles. The zero-order valence-corrected chi connectivity index (χ0v) is 9.79. The number of aliphatic hydroxyl groups is 1. The van der Waals surface area contributed by atoms with Gasteiger partial charge in [0.1, 0.15) is 5.75 Å². The number of carbonyl (C=O) groups excluding carboxylic acids is 1. The van der Waals surface area contributed by atoms with Gasteiger partial charge in [-0.15, -0.1) is 0 Å². The number of nitrogens with one attached hydrogen (secondary N) is 1. The van der Waals surface area contributed by atoms with Crippen LogP contribution in [0.4, 0.5) is 11.4 Å². The average molecular weight is 254 g/mol. The maximum atomic E-state index is 11.5. The van der Waals surface area contributed by atoms with Crippen molar-refractivity contribution < 1.29 is 19.9 Å². The summed E-state index contributed by atoms with van der Waals surface area (Å²) in [5, 5.41) is 31.5. The fraction of sp³-hybridized carbons (Fsp3) is 0.364. The molecular formula is C11H14N2O5. The minimum atomic E-state index is -0.690. The number of para-hydroxylation sites is 1. The Kier molecular flexibility index (Phi) is 4.61. The minimum Gasteiger partial charge on any atom is -0.505 e. The number of aromatic hydroxyl groups is 1. The van der Waals surface area contributed by atoms with Crippen LogP contribution in [0, 0.1) is 10.1 Å². The highest BCUT2D eigenvalue weighted by Gasteiger charge is 2.19. The van der Waals surface area contributed by atoms with Gasteiger partial charge in [-0.25, -0.2) is 0 Å². The summed E-state index contributed by atoms with van der Waals surface area (Å²) < 4.78 is 0. The number of carbonyl (C=O) groups is 1. The van der Waals surface area contributed by atoms with Crippen molar-refractivity contribution in [2.24, 2.45) is 0 Å². The number of rotatable bonds is 5. The first-order valence-electron chi connectivity index (χ1n) is 5.36. The molecule has 0 aliphatic rings. The quantitative estimate of drug-likeness (QED) is 0.417. The molecule has 1 amide bonds. The number of hydrogen-bond donors (Lipinski definition) is 3. The van der Waals surface area contributed by atoms with Crippen LogP contribution in [0.2, 0.25) is 0 Å². The Hall–Kier alpha value is -2.15. The molecule has 1 unspecified atom stereocenters. The average Bonchev–Trinajstić information content (AvgIpc) is 2.28. The summed E-state index contributed by atoms with van der Waals surface area (Å²) in [4.78, 5) is 21.5. The van der Waals surface area contributed by atoms with E-state index in [2.05, 4.69) is 5.32 Å². The molecule has 1 aromatic rings. The van der Waals surface area contributed by atoms with Gasteiger partial charge < -0.3 is 15.5 Å². The Bertz CT molecular complexity index is 459. The number of anilines is 1. The van der Waals surface area contributed by atoms with Crippen LogP contribution in [0.25, 0.3) is 0 Å². The summed E-state index contributed by atoms with van der Waals surface area (Å²) in [5.74, 6) is -0.866. The Morgan fingerprint density at radius 1 is 1.56 bits per heavy atom. The highest BCUT2D eigenvalue weighted by Crippen LogP contribution is 2.33. The van der Waals surface area contributed by atoms with E-state index in [9.17, 15) is 20.0 Å². The van der Waals surface area contributed by atoms with E-state index in [4.69, 9.17) is 5.11 Å². The standard InChI is InChI=1S/C11H14N2O5/c1-7(14)5-6-10(16)12-11-8(13(17)18)3-2-4-9(11)15/h2-4,7,14-15H,5-6H2,1H3,(H,12,16). The van der Waals surface area contributed by atoms with E-state index in [0.717, 1.165) is 0 Å². The number of nitro groups is 1. The van der Waals surface area contributed by atoms with E-state index in [1.165, 1.54) is 25.1 Å². The molecule has 0 spiro atoms. The third-order valence-electron chi connectivity index (χ3n) is 2.27. The Labute approximate surface area is 103 Å². The molecule has 0 fully saturated rings. The molecule has 1 rings (SSSR count). The molecule has 0 heterocycles. The third-order valence-corrected chi connectivity index (χ3v) is 2.27. The lowest BCUT2D eigenvalue weighted by molar-refractivity contribution is -0.384. The molecule has 3 N–H and O–H groups in total. The SMILES string of the molecule is CC(O)CCC(=O)Nc1c(O)cccc1[N+](=O)[O-]. The van der Waals surface area contributed by atoms with E-state index in [-0.39, 0.29) is 30.0 Å². The van der Waals surface area contributed by atoms with Crippen molar-refractivity contribution >= 4 is 17.3 Å². The van der Waals surface area contributed by atoms with Crippen LogP contribution in [0.3, 0.4) is 0 Å². The zero-order chi connectivity index (χ0) is 13.7. The summed E-state index contributed by atoms with van der Waals surface area (Å²) in [6.45, 7) is 1.54. The van der Waals surface area contributed by atoms with Crippen molar-refractivity contribution in [3.63, 3.8) is 0 Å². The number of amides is 1. The molecule has 18 heavy (non-hydrogen) atoms. The molecule has 98 valence electrons. The second-order valence-corrected chi connectivity index (χ2v) is 3.86. The molecule has 7 heteroatoms. The Balaban J connectivity index is 2.83. The normalized spacial score (nSPS) is 11.9. The number of nitro benzene ring substituents is 1. The Morgan fingerprint density at radius 2 is 2.22 bits per heavy atom. The summed E-state index contributed by atoms with van der Waals surface area (Å²) >= 11 is 0. The summed E-state index contributed by atoms with van der Waals surface area (Å²) in [7, 11) is 0. The second-order valence-electron chi connectivity index (χ2n) is 3.86. The Morgan fingerprint density at radius 3 is 2.78 bits per heavy atom. The lowest BCUT2D eigenvalue weighted by Gasteiger charge is -2.08. The molecule has 1 aromatic carbocycles. The largest absolute Gasteiger partial charge is 0.505 e. The van der Waals surface area contributed by atoms with Crippen molar-refractivity contribution in [3.8, 4) is 5.75 Å². The van der Waals surface area contributed by atoms with Gasteiger partial charge in [-0.1, -0.05) is 6.07 Å². The number of aliphatic hydroxyl groups excluding tert-OH is 1. The van der Waals surface area contributed by atoms with Crippen LogP contribution in [0.1, 0.15) is 19.8 Å².